The molecule has 1 aromatic heterocycles. The number of nitrogens with zero attached hydrogens (tertiary/aromatic N) is 3. The first-order valence-corrected chi connectivity index (χ1v) is 18.1. The van der Waals surface area contributed by atoms with Gasteiger partial charge in [-0.25, -0.2) is 9.78 Å². The van der Waals surface area contributed by atoms with Crippen molar-refractivity contribution in [2.75, 3.05) is 41.7 Å². The average Bonchev–Trinajstić information content (AvgIpc) is 3.64. The van der Waals surface area contributed by atoms with Crippen LogP contribution in [0.3, 0.4) is 0 Å². The van der Waals surface area contributed by atoms with Crippen LogP contribution >= 0.6 is 22.9 Å². The summed E-state index contributed by atoms with van der Waals surface area (Å²) in [7, 11) is 0. The topological polar surface area (TPSA) is 90.0 Å². The number of para-hydroxylation sites is 3. The van der Waals surface area contributed by atoms with Crippen molar-refractivity contribution in [1.82, 2.24) is 9.88 Å². The highest BCUT2D eigenvalue weighted by Gasteiger charge is 2.49. The van der Waals surface area contributed by atoms with E-state index in [1.165, 1.54) is 24.3 Å². The van der Waals surface area contributed by atoms with E-state index in [2.05, 4.69) is 45.9 Å². The normalized spacial score (nSPS) is 16.0. The van der Waals surface area contributed by atoms with Crippen LogP contribution in [-0.4, -0.2) is 53.3 Å². The molecule has 3 heterocycles. The van der Waals surface area contributed by atoms with Crippen molar-refractivity contribution in [2.24, 2.45) is 5.41 Å². The van der Waals surface area contributed by atoms with Crippen LogP contribution in [0.25, 0.3) is 20.8 Å². The van der Waals surface area contributed by atoms with E-state index in [4.69, 9.17) is 16.6 Å². The van der Waals surface area contributed by atoms with Crippen molar-refractivity contribution in [3.63, 3.8) is 0 Å². The number of aromatic hydroxyl groups is 1. The van der Waals surface area contributed by atoms with Gasteiger partial charge in [0.1, 0.15) is 22.0 Å². The fourth-order valence-electron chi connectivity index (χ4n) is 7.40. The Labute approximate surface area is 305 Å². The largest absolute Gasteiger partial charge is 0.506 e. The SMILES string of the molecule is CC(C)(C)CN1CCC2(CC1)CN(c1ccccc1NC(=O)Nc1ccc(OC(C)(F)F)cc1)c1c(O)ccc(-c3nc4c(Cl)cccc4s3)c12. The van der Waals surface area contributed by atoms with Crippen molar-refractivity contribution in [2.45, 2.75) is 52.1 Å². The summed E-state index contributed by atoms with van der Waals surface area (Å²) in [6.07, 6.45) is -1.55. The Hall–Kier alpha value is -4.45. The second-order valence-electron chi connectivity index (χ2n) is 14.7. The van der Waals surface area contributed by atoms with Crippen molar-refractivity contribution in [3.05, 3.63) is 89.4 Å². The summed E-state index contributed by atoms with van der Waals surface area (Å²) < 4.78 is 32.1. The predicted octanol–water partition coefficient (Wildman–Crippen LogP) is 10.5. The third-order valence-electron chi connectivity index (χ3n) is 9.38. The Morgan fingerprint density at radius 1 is 0.980 bits per heavy atom. The van der Waals surface area contributed by atoms with Crippen molar-refractivity contribution < 1.29 is 23.4 Å². The Morgan fingerprint density at radius 2 is 1.71 bits per heavy atom. The van der Waals surface area contributed by atoms with Crippen molar-refractivity contribution >= 4 is 61.9 Å². The van der Waals surface area contributed by atoms with E-state index in [9.17, 15) is 18.7 Å². The number of carbonyl (C=O) groups is 1. The second kappa shape index (κ2) is 13.3. The van der Waals surface area contributed by atoms with Gasteiger partial charge in [0.25, 0.3) is 0 Å². The number of likely N-dealkylation sites (tertiary alicyclic amines) is 1. The number of urea groups is 1. The van der Waals surface area contributed by atoms with Crippen LogP contribution in [-0.2, 0) is 5.41 Å². The summed E-state index contributed by atoms with van der Waals surface area (Å²) in [6.45, 7) is 10.9. The highest BCUT2D eigenvalue weighted by Crippen LogP contribution is 2.57. The summed E-state index contributed by atoms with van der Waals surface area (Å²) in [5.41, 5.74) is 5.06. The number of rotatable bonds is 7. The molecule has 1 saturated heterocycles. The van der Waals surface area contributed by atoms with E-state index in [0.29, 0.717) is 35.6 Å². The van der Waals surface area contributed by atoms with Gasteiger partial charge in [-0.1, -0.05) is 50.6 Å². The summed E-state index contributed by atoms with van der Waals surface area (Å²) in [5, 5.41) is 18.8. The van der Waals surface area contributed by atoms with Gasteiger partial charge >= 0.3 is 12.1 Å². The summed E-state index contributed by atoms with van der Waals surface area (Å²) >= 11 is 8.16. The van der Waals surface area contributed by atoms with Gasteiger partial charge in [0.15, 0.2) is 0 Å². The number of benzene rings is 4. The molecule has 0 radical (unpaired) electrons. The molecule has 2 aliphatic rings. The predicted molar refractivity (Wildman–Crippen MR) is 202 cm³/mol. The smallest absolute Gasteiger partial charge is 0.394 e. The molecule has 4 aromatic carbocycles. The van der Waals surface area contributed by atoms with Crippen molar-refractivity contribution in [3.8, 4) is 22.1 Å². The van der Waals surface area contributed by atoms with Gasteiger partial charge in [0, 0.05) is 36.7 Å². The minimum atomic E-state index is -3.32. The number of ether oxygens (including phenoxy) is 1. The molecule has 0 aliphatic carbocycles. The van der Waals surface area contributed by atoms with Gasteiger partial charge in [-0.15, -0.1) is 11.3 Å². The lowest BCUT2D eigenvalue weighted by Gasteiger charge is -2.42. The van der Waals surface area contributed by atoms with Gasteiger partial charge in [0.05, 0.1) is 26.8 Å². The molecule has 2 amide bonds. The first-order chi connectivity index (χ1) is 24.2. The summed E-state index contributed by atoms with van der Waals surface area (Å²) in [6, 6.07) is 22.2. The molecule has 266 valence electrons. The number of thiazole rings is 1. The van der Waals surface area contributed by atoms with E-state index >= 15 is 0 Å². The van der Waals surface area contributed by atoms with Crippen LogP contribution in [0, 0.1) is 5.41 Å². The Bertz CT molecular complexity index is 2090. The fourth-order valence-corrected chi connectivity index (χ4v) is 8.69. The Kier molecular flexibility index (Phi) is 9.10. The number of halogens is 3. The molecular formula is C39H40ClF2N5O3S. The number of hydrogen-bond donors (Lipinski definition) is 3. The lowest BCUT2D eigenvalue weighted by molar-refractivity contribution is -0.158. The molecule has 51 heavy (non-hydrogen) atoms. The van der Waals surface area contributed by atoms with Gasteiger partial charge in [0.2, 0.25) is 0 Å². The van der Waals surface area contributed by atoms with E-state index in [1.54, 1.807) is 17.4 Å². The van der Waals surface area contributed by atoms with Crippen molar-refractivity contribution in [1.29, 1.82) is 0 Å². The minimum Gasteiger partial charge on any atom is -0.506 e. The maximum Gasteiger partial charge on any atom is 0.394 e. The zero-order valence-corrected chi connectivity index (χ0v) is 30.5. The number of nitrogens with one attached hydrogen (secondary N) is 2. The number of carbonyl (C=O) groups excluding carboxylic acids is 1. The summed E-state index contributed by atoms with van der Waals surface area (Å²) in [5.74, 6) is 0.138. The number of phenolic OH excluding ortho intramolecular Hbond substituents is 1. The molecule has 0 unspecified atom stereocenters. The van der Waals surface area contributed by atoms with E-state index < -0.39 is 12.1 Å². The van der Waals surface area contributed by atoms with Gasteiger partial charge in [-0.2, -0.15) is 8.78 Å². The first-order valence-electron chi connectivity index (χ1n) is 16.9. The average molecular weight is 732 g/mol. The molecular weight excluding hydrogens is 692 g/mol. The molecule has 5 aromatic rings. The van der Waals surface area contributed by atoms with Crippen LogP contribution in [0.2, 0.25) is 5.02 Å². The lowest BCUT2D eigenvalue weighted by Crippen LogP contribution is -2.47. The van der Waals surface area contributed by atoms with E-state index in [0.717, 1.165) is 64.5 Å². The third kappa shape index (κ3) is 7.33. The van der Waals surface area contributed by atoms with Crippen LogP contribution in [0.1, 0.15) is 46.1 Å². The van der Waals surface area contributed by atoms with Crippen LogP contribution in [0.15, 0.2) is 78.9 Å². The Morgan fingerprint density at radius 3 is 2.39 bits per heavy atom. The maximum atomic E-state index is 13.3. The first kappa shape index (κ1) is 35.0. The molecule has 1 fully saturated rings. The highest BCUT2D eigenvalue weighted by molar-refractivity contribution is 7.21. The molecule has 12 heteroatoms. The standard InChI is InChI=1S/C39H40ClF2N5O3S/c1-37(2,3)22-46-20-18-39(19-21-46)23-47(34-30(48)17-16-26(32(34)39)35-45-33-27(40)8-7-11-31(33)51-35)29-10-6-5-9-28(29)44-36(49)43-24-12-14-25(15-13-24)50-38(4,41)42/h5-17,48H,18-23H2,1-4H3,(H2,43,44,49). The number of phenols is 1. The monoisotopic (exact) mass is 731 g/mol. The lowest BCUT2D eigenvalue weighted by atomic mass is 9.72. The number of alkyl halides is 2. The summed E-state index contributed by atoms with van der Waals surface area (Å²) in [4.78, 5) is 23.0. The number of fused-ring (bicyclic) bond motifs is 3. The number of amides is 2. The number of hydrogen-bond acceptors (Lipinski definition) is 7. The zero-order chi connectivity index (χ0) is 36.1. The van der Waals surface area contributed by atoms with E-state index in [-0.39, 0.29) is 22.3 Å². The fraction of sp³-hybridized carbons (Fsp3) is 0.333. The molecule has 1 spiro atoms. The van der Waals surface area contributed by atoms with Gasteiger partial charge < -0.3 is 30.3 Å². The van der Waals surface area contributed by atoms with Crippen LogP contribution < -0.4 is 20.3 Å². The Balaban J connectivity index is 1.24. The number of anilines is 4. The highest BCUT2D eigenvalue weighted by atomic mass is 35.5. The van der Waals surface area contributed by atoms with Crippen LogP contribution in [0.5, 0.6) is 11.5 Å². The number of aromatic nitrogens is 1. The maximum absolute atomic E-state index is 13.3. The second-order valence-corrected chi connectivity index (χ2v) is 16.1. The van der Waals surface area contributed by atoms with E-state index in [1.807, 2.05) is 48.5 Å². The number of piperidine rings is 1. The molecule has 7 rings (SSSR count). The molecule has 2 aliphatic heterocycles. The molecule has 0 saturated carbocycles. The third-order valence-corrected chi connectivity index (χ3v) is 10.7. The molecule has 8 nitrogen and oxygen atoms in total. The molecule has 0 bridgehead atoms. The van der Waals surface area contributed by atoms with Crippen LogP contribution in [0.4, 0.5) is 36.3 Å². The van der Waals surface area contributed by atoms with Gasteiger partial charge in [-0.05, 0) is 97.6 Å². The minimum absolute atomic E-state index is 0.0159. The quantitative estimate of drug-likeness (QED) is 0.154. The van der Waals surface area contributed by atoms with Gasteiger partial charge in [-0.3, -0.25) is 0 Å². The molecule has 0 atom stereocenters. The zero-order valence-electron chi connectivity index (χ0n) is 28.9. The molecule has 3 N–H and O–H groups in total.